The molecule has 2 aromatic rings. The first kappa shape index (κ1) is 12.1. The van der Waals surface area contributed by atoms with Crippen LogP contribution in [0.1, 0.15) is 15.4 Å². The maximum absolute atomic E-state index is 12.0. The van der Waals surface area contributed by atoms with Gasteiger partial charge in [-0.2, -0.15) is 5.10 Å². The van der Waals surface area contributed by atoms with Gasteiger partial charge in [-0.3, -0.25) is 9.48 Å². The lowest BCUT2D eigenvalue weighted by atomic mass is 10.3. The van der Waals surface area contributed by atoms with Crippen LogP contribution in [0.15, 0.2) is 6.07 Å². The lowest BCUT2D eigenvalue weighted by molar-refractivity contribution is 0.0772. The molecule has 1 N–H and O–H groups in total. The molecule has 0 aliphatic heterocycles. The van der Waals surface area contributed by atoms with E-state index in [-0.39, 0.29) is 12.5 Å². The van der Waals surface area contributed by atoms with Crippen molar-refractivity contribution in [1.29, 1.82) is 0 Å². The molecule has 2 heterocycles. The first-order valence-electron chi connectivity index (χ1n) is 5.34. The summed E-state index contributed by atoms with van der Waals surface area (Å²) in [5.41, 5.74) is 0.933. The van der Waals surface area contributed by atoms with E-state index in [0.29, 0.717) is 11.4 Å². The summed E-state index contributed by atoms with van der Waals surface area (Å²) in [6.07, 6.45) is 0. The van der Waals surface area contributed by atoms with Gasteiger partial charge in [-0.15, -0.1) is 11.3 Å². The highest BCUT2D eigenvalue weighted by Gasteiger charge is 2.17. The van der Waals surface area contributed by atoms with Crippen molar-refractivity contribution in [2.45, 2.75) is 6.92 Å². The first-order valence-corrected chi connectivity index (χ1v) is 6.15. The summed E-state index contributed by atoms with van der Waals surface area (Å²) in [6.45, 7) is 2.26. The maximum Gasteiger partial charge on any atom is 0.263 e. The number of aliphatic hydroxyl groups is 1. The van der Waals surface area contributed by atoms with Crippen LogP contribution in [-0.4, -0.2) is 45.9 Å². The summed E-state index contributed by atoms with van der Waals surface area (Å²) in [5.74, 6) is -0.0559. The fourth-order valence-corrected chi connectivity index (χ4v) is 2.87. The van der Waals surface area contributed by atoms with E-state index in [9.17, 15) is 4.79 Å². The molecule has 0 aliphatic carbocycles. The normalized spacial score (nSPS) is 11.1. The van der Waals surface area contributed by atoms with Crippen LogP contribution in [0.5, 0.6) is 0 Å². The molecule has 2 aromatic heterocycles. The van der Waals surface area contributed by atoms with Gasteiger partial charge < -0.3 is 10.0 Å². The van der Waals surface area contributed by atoms with Crippen molar-refractivity contribution < 1.29 is 9.90 Å². The minimum Gasteiger partial charge on any atom is -0.395 e. The predicted molar refractivity (Wildman–Crippen MR) is 67.4 cm³/mol. The van der Waals surface area contributed by atoms with Crippen LogP contribution in [0.3, 0.4) is 0 Å². The van der Waals surface area contributed by atoms with E-state index in [2.05, 4.69) is 5.10 Å². The molecule has 0 saturated heterocycles. The fraction of sp³-hybridized carbons (Fsp3) is 0.455. The molecular formula is C11H15N3O2S. The third-order valence-electron chi connectivity index (χ3n) is 2.69. The minimum atomic E-state index is -0.0559. The standard InChI is InChI=1S/C11H15N3O2S/c1-7-8-6-9(10(16)13(2)4-5-15)17-11(8)14(3)12-7/h6,15H,4-5H2,1-3H3. The summed E-state index contributed by atoms with van der Waals surface area (Å²) >= 11 is 1.43. The van der Waals surface area contributed by atoms with Gasteiger partial charge in [0.2, 0.25) is 0 Å². The van der Waals surface area contributed by atoms with Crippen LogP contribution in [-0.2, 0) is 7.05 Å². The molecule has 0 bridgehead atoms. The largest absolute Gasteiger partial charge is 0.395 e. The van der Waals surface area contributed by atoms with E-state index < -0.39 is 0 Å². The number of thiophene rings is 1. The molecule has 5 nitrogen and oxygen atoms in total. The van der Waals surface area contributed by atoms with E-state index in [0.717, 1.165) is 15.9 Å². The average molecular weight is 253 g/mol. The van der Waals surface area contributed by atoms with Gasteiger partial charge in [0.15, 0.2) is 0 Å². The van der Waals surface area contributed by atoms with Crippen molar-refractivity contribution in [3.63, 3.8) is 0 Å². The Hall–Kier alpha value is -1.40. The molecule has 17 heavy (non-hydrogen) atoms. The summed E-state index contributed by atoms with van der Waals surface area (Å²) < 4.78 is 1.79. The van der Waals surface area contributed by atoms with E-state index in [1.165, 1.54) is 16.2 Å². The van der Waals surface area contributed by atoms with Crippen molar-refractivity contribution in [2.24, 2.45) is 7.05 Å². The lowest BCUT2D eigenvalue weighted by Gasteiger charge is -2.13. The van der Waals surface area contributed by atoms with Crippen LogP contribution in [0, 0.1) is 6.92 Å². The molecule has 0 radical (unpaired) electrons. The molecule has 92 valence electrons. The van der Waals surface area contributed by atoms with E-state index in [1.807, 2.05) is 20.0 Å². The second kappa shape index (κ2) is 4.46. The Kier molecular flexibility index (Phi) is 3.17. The summed E-state index contributed by atoms with van der Waals surface area (Å²) in [4.78, 5) is 15.2. The number of rotatable bonds is 3. The number of aliphatic hydroxyl groups excluding tert-OH is 1. The van der Waals surface area contributed by atoms with Gasteiger partial charge in [-0.05, 0) is 13.0 Å². The zero-order valence-electron chi connectivity index (χ0n) is 10.1. The van der Waals surface area contributed by atoms with Crippen molar-refractivity contribution >= 4 is 27.5 Å². The first-order chi connectivity index (χ1) is 8.04. The molecular weight excluding hydrogens is 238 g/mol. The van der Waals surface area contributed by atoms with Crippen LogP contribution < -0.4 is 0 Å². The number of aromatic nitrogens is 2. The predicted octanol–water partition coefficient (Wildman–Crippen LogP) is 1.01. The van der Waals surface area contributed by atoms with Gasteiger partial charge in [0.05, 0.1) is 17.2 Å². The third kappa shape index (κ3) is 2.05. The van der Waals surface area contributed by atoms with E-state index in [1.54, 1.807) is 11.7 Å². The van der Waals surface area contributed by atoms with E-state index >= 15 is 0 Å². The highest BCUT2D eigenvalue weighted by Crippen LogP contribution is 2.28. The van der Waals surface area contributed by atoms with Crippen molar-refractivity contribution in [3.8, 4) is 0 Å². The van der Waals surface area contributed by atoms with Crippen molar-refractivity contribution in [2.75, 3.05) is 20.2 Å². The maximum atomic E-state index is 12.0. The molecule has 0 spiro atoms. The number of aryl methyl sites for hydroxylation is 2. The quantitative estimate of drug-likeness (QED) is 0.888. The third-order valence-corrected chi connectivity index (χ3v) is 3.88. The molecule has 0 unspecified atom stereocenters. The average Bonchev–Trinajstić information content (AvgIpc) is 2.81. The number of nitrogens with zero attached hydrogens (tertiary/aromatic N) is 3. The minimum absolute atomic E-state index is 0.0201. The number of carbonyl (C=O) groups is 1. The highest BCUT2D eigenvalue weighted by molar-refractivity contribution is 7.20. The molecule has 0 aliphatic rings. The zero-order valence-corrected chi connectivity index (χ0v) is 10.9. The molecule has 0 saturated carbocycles. The molecule has 0 aromatic carbocycles. The van der Waals surface area contributed by atoms with Gasteiger partial charge in [0.25, 0.3) is 5.91 Å². The van der Waals surface area contributed by atoms with Crippen LogP contribution >= 0.6 is 11.3 Å². The van der Waals surface area contributed by atoms with E-state index in [4.69, 9.17) is 5.11 Å². The topological polar surface area (TPSA) is 58.4 Å². The SMILES string of the molecule is Cc1nn(C)c2sc(C(=O)N(C)CCO)cc12. The second-order valence-corrected chi connectivity index (χ2v) is 5.02. The Morgan fingerprint density at radius 3 is 2.94 bits per heavy atom. The Morgan fingerprint density at radius 1 is 1.65 bits per heavy atom. The molecule has 0 fully saturated rings. The van der Waals surface area contributed by atoms with Crippen LogP contribution in [0.4, 0.5) is 0 Å². The second-order valence-electron chi connectivity index (χ2n) is 3.99. The monoisotopic (exact) mass is 253 g/mol. The summed E-state index contributed by atoms with van der Waals surface area (Å²) in [7, 11) is 3.56. The molecule has 6 heteroatoms. The van der Waals surface area contributed by atoms with Gasteiger partial charge >= 0.3 is 0 Å². The Balaban J connectivity index is 2.37. The summed E-state index contributed by atoms with van der Waals surface area (Å²) in [5, 5.41) is 14.1. The Bertz CT molecular complexity index is 524. The number of fused-ring (bicyclic) bond motifs is 1. The zero-order chi connectivity index (χ0) is 12.6. The number of amides is 1. The summed E-state index contributed by atoms with van der Waals surface area (Å²) in [6, 6.07) is 1.87. The van der Waals surface area contributed by atoms with Crippen molar-refractivity contribution in [1.82, 2.24) is 14.7 Å². The van der Waals surface area contributed by atoms with Crippen molar-refractivity contribution in [3.05, 3.63) is 16.6 Å². The number of likely N-dealkylation sites (N-methyl/N-ethyl adjacent to an activating group) is 1. The number of hydrogen-bond donors (Lipinski definition) is 1. The Labute approximate surface area is 103 Å². The lowest BCUT2D eigenvalue weighted by Crippen LogP contribution is -2.28. The van der Waals surface area contributed by atoms with Crippen LogP contribution in [0.2, 0.25) is 0 Å². The number of carbonyl (C=O) groups excluding carboxylic acids is 1. The molecule has 0 atom stereocenters. The van der Waals surface area contributed by atoms with Gasteiger partial charge in [-0.1, -0.05) is 0 Å². The molecule has 2 rings (SSSR count). The van der Waals surface area contributed by atoms with Crippen LogP contribution in [0.25, 0.3) is 10.2 Å². The molecule has 1 amide bonds. The van der Waals surface area contributed by atoms with Gasteiger partial charge in [-0.25, -0.2) is 0 Å². The van der Waals surface area contributed by atoms with Gasteiger partial charge in [0.1, 0.15) is 4.83 Å². The number of hydrogen-bond acceptors (Lipinski definition) is 4. The highest BCUT2D eigenvalue weighted by atomic mass is 32.1. The fourth-order valence-electron chi connectivity index (χ4n) is 1.75. The smallest absolute Gasteiger partial charge is 0.263 e. The Morgan fingerprint density at radius 2 is 2.35 bits per heavy atom. The van der Waals surface area contributed by atoms with Gasteiger partial charge in [0, 0.05) is 26.0 Å².